The monoisotopic (exact) mass is 642 g/mol. The largest absolute Gasteiger partial charge is 0.573 e. The first-order valence-corrected chi connectivity index (χ1v) is 15.2. The third-order valence-electron chi connectivity index (χ3n) is 10.2. The van der Waals surface area contributed by atoms with Gasteiger partial charge in [0.25, 0.3) is 0 Å². The van der Waals surface area contributed by atoms with Crippen molar-refractivity contribution in [1.29, 1.82) is 0 Å². The molecule has 3 aromatic carbocycles. The molecular weight excluding hydrogens is 613 g/mol. The average molecular weight is 643 g/mol. The van der Waals surface area contributed by atoms with E-state index in [0.29, 0.717) is 16.9 Å². The number of aromatic hydroxyl groups is 1. The minimum absolute atomic E-state index is 0.0432. The summed E-state index contributed by atoms with van der Waals surface area (Å²) in [4.78, 5) is 58.8. The third kappa shape index (κ3) is 4.58. The van der Waals surface area contributed by atoms with Crippen LogP contribution in [0.3, 0.4) is 0 Å². The highest BCUT2D eigenvalue weighted by molar-refractivity contribution is 6.25. The number of para-hydroxylation sites is 1. The van der Waals surface area contributed by atoms with Crippen molar-refractivity contribution in [1.82, 2.24) is 0 Å². The number of phenolic OH excluding ortho intramolecular Hbond substituents is 1. The Hall–Kier alpha value is -5.19. The number of alkyl halides is 3. The average Bonchev–Trinajstić information content (AvgIpc) is 3.41. The summed E-state index contributed by atoms with van der Waals surface area (Å²) in [6, 6.07) is 18.1. The summed E-state index contributed by atoms with van der Waals surface area (Å²) in [6.07, 6.45) is -1.46. The zero-order chi connectivity index (χ0) is 33.4. The van der Waals surface area contributed by atoms with Crippen LogP contribution >= 0.6 is 0 Å². The molecule has 2 aliphatic heterocycles. The number of allylic oxidation sites excluding steroid dienone is 2. The number of ether oxygens (including phenoxy) is 1. The third-order valence-corrected chi connectivity index (χ3v) is 10.2. The van der Waals surface area contributed by atoms with Crippen LogP contribution in [0.2, 0.25) is 0 Å². The van der Waals surface area contributed by atoms with Crippen LogP contribution in [0.5, 0.6) is 11.5 Å². The van der Waals surface area contributed by atoms with Gasteiger partial charge >= 0.3 is 6.36 Å². The molecule has 2 saturated heterocycles. The Morgan fingerprint density at radius 1 is 0.894 bits per heavy atom. The number of hydrogen-bond acceptors (Lipinski definition) is 6. The Balaban J connectivity index is 1.37. The second-order valence-electron chi connectivity index (χ2n) is 12.6. The van der Waals surface area contributed by atoms with Gasteiger partial charge < -0.3 is 9.84 Å². The lowest BCUT2D eigenvalue weighted by atomic mass is 9.51. The highest BCUT2D eigenvalue weighted by Crippen LogP contribution is 2.64. The van der Waals surface area contributed by atoms with Crippen LogP contribution in [0.25, 0.3) is 6.08 Å². The Morgan fingerprint density at radius 2 is 1.57 bits per heavy atom. The first-order chi connectivity index (χ1) is 22.3. The maximum absolute atomic E-state index is 14.4. The van der Waals surface area contributed by atoms with E-state index < -0.39 is 76.5 Å². The van der Waals surface area contributed by atoms with Gasteiger partial charge in [-0.2, -0.15) is 0 Å². The molecule has 2 aliphatic carbocycles. The quantitative estimate of drug-likeness (QED) is 0.256. The van der Waals surface area contributed by atoms with Gasteiger partial charge in [-0.3, -0.25) is 24.1 Å². The fraction of sp³-hybridized carbons (Fsp3) is 0.278. The standard InChI is InChI=1S/C36H29F3N2O6/c1-3-19-9-11-21(12-10-19)40-31(43)24-15-14-23-25(29(24)33(40)45)18-27-32(44)41(20-7-5-4-6-8-20)34(46)35(27,2)30(23)26-17-22(13-16-28(26)42)47-36(37,38)39/h3-14,16-17,24-25,27,29-30,42H,1,15,18H2,2H3/t24-,25+,27-,29-,30+,35+/m0/s1. The maximum atomic E-state index is 14.4. The second-order valence-corrected chi connectivity index (χ2v) is 12.6. The highest BCUT2D eigenvalue weighted by atomic mass is 19.4. The van der Waals surface area contributed by atoms with Crippen molar-refractivity contribution in [3.05, 3.63) is 102 Å². The number of amides is 4. The zero-order valence-electron chi connectivity index (χ0n) is 25.1. The van der Waals surface area contributed by atoms with E-state index in [1.807, 2.05) is 0 Å². The van der Waals surface area contributed by atoms with E-state index in [2.05, 4.69) is 11.3 Å². The van der Waals surface area contributed by atoms with E-state index in [1.165, 1.54) is 0 Å². The van der Waals surface area contributed by atoms with Gasteiger partial charge in [-0.05, 0) is 73.7 Å². The fourth-order valence-corrected chi connectivity index (χ4v) is 8.16. The smallest absolute Gasteiger partial charge is 0.508 e. The molecule has 1 saturated carbocycles. The molecular formula is C36H29F3N2O6. The molecule has 0 aromatic heterocycles. The summed E-state index contributed by atoms with van der Waals surface area (Å²) in [5.41, 5.74) is 0.431. The van der Waals surface area contributed by atoms with Crippen molar-refractivity contribution in [3.63, 3.8) is 0 Å². The minimum Gasteiger partial charge on any atom is -0.508 e. The molecule has 3 fully saturated rings. The van der Waals surface area contributed by atoms with E-state index in [-0.39, 0.29) is 18.4 Å². The number of carbonyl (C=O) groups is 4. The van der Waals surface area contributed by atoms with Crippen molar-refractivity contribution in [2.45, 2.75) is 32.0 Å². The molecule has 1 N–H and O–H groups in total. The van der Waals surface area contributed by atoms with E-state index in [0.717, 1.165) is 33.6 Å². The second kappa shape index (κ2) is 10.7. The molecule has 0 unspecified atom stereocenters. The zero-order valence-corrected chi connectivity index (χ0v) is 25.1. The molecule has 8 nitrogen and oxygen atoms in total. The predicted octanol–water partition coefficient (Wildman–Crippen LogP) is 6.37. The Morgan fingerprint density at radius 3 is 2.23 bits per heavy atom. The Kier molecular flexibility index (Phi) is 6.92. The molecule has 4 aliphatic rings. The topological polar surface area (TPSA) is 104 Å². The predicted molar refractivity (Wildman–Crippen MR) is 165 cm³/mol. The number of anilines is 2. The number of imide groups is 2. The van der Waals surface area contributed by atoms with E-state index >= 15 is 0 Å². The highest BCUT2D eigenvalue weighted by Gasteiger charge is 2.68. The summed E-state index contributed by atoms with van der Waals surface area (Å²) in [5, 5.41) is 11.2. The number of nitrogens with zero attached hydrogens (tertiary/aromatic N) is 2. The molecule has 3 aromatic rings. The summed E-state index contributed by atoms with van der Waals surface area (Å²) in [5.74, 6) is -7.45. The van der Waals surface area contributed by atoms with Crippen LogP contribution in [0, 0.1) is 29.1 Å². The van der Waals surface area contributed by atoms with Gasteiger partial charge in [0.1, 0.15) is 11.5 Å². The number of halogens is 3. The van der Waals surface area contributed by atoms with E-state index in [4.69, 9.17) is 0 Å². The fourth-order valence-electron chi connectivity index (χ4n) is 8.16. The van der Waals surface area contributed by atoms with Crippen molar-refractivity contribution >= 4 is 41.1 Å². The lowest BCUT2D eigenvalue weighted by molar-refractivity contribution is -0.274. The number of rotatable bonds is 5. The Labute approximate surface area is 267 Å². The van der Waals surface area contributed by atoms with Gasteiger partial charge in [0.15, 0.2) is 0 Å². The van der Waals surface area contributed by atoms with Crippen LogP contribution in [0.15, 0.2) is 91.0 Å². The lowest BCUT2D eigenvalue weighted by Gasteiger charge is -2.49. The molecule has 0 bridgehead atoms. The summed E-state index contributed by atoms with van der Waals surface area (Å²) < 4.78 is 44.1. The van der Waals surface area contributed by atoms with Gasteiger partial charge in [0.05, 0.1) is 34.5 Å². The lowest BCUT2D eigenvalue weighted by Crippen LogP contribution is -2.49. The number of fused-ring (bicyclic) bond motifs is 4. The first-order valence-electron chi connectivity index (χ1n) is 15.2. The molecule has 240 valence electrons. The molecule has 0 radical (unpaired) electrons. The van der Waals surface area contributed by atoms with Crippen LogP contribution in [0.4, 0.5) is 24.5 Å². The van der Waals surface area contributed by atoms with Crippen LogP contribution in [0.1, 0.15) is 36.8 Å². The van der Waals surface area contributed by atoms with Gasteiger partial charge in [-0.1, -0.05) is 54.6 Å². The van der Waals surface area contributed by atoms with Gasteiger partial charge in [0.2, 0.25) is 23.6 Å². The molecule has 4 amide bonds. The summed E-state index contributed by atoms with van der Waals surface area (Å²) >= 11 is 0. The molecule has 11 heteroatoms. The van der Waals surface area contributed by atoms with Crippen LogP contribution in [-0.2, 0) is 19.2 Å². The molecule has 6 atom stereocenters. The number of phenols is 1. The van der Waals surface area contributed by atoms with E-state index in [9.17, 15) is 37.5 Å². The van der Waals surface area contributed by atoms with Gasteiger partial charge in [-0.15, -0.1) is 13.2 Å². The summed E-state index contributed by atoms with van der Waals surface area (Å²) in [7, 11) is 0. The Bertz CT molecular complexity index is 1870. The number of benzene rings is 3. The van der Waals surface area contributed by atoms with Gasteiger partial charge in [-0.25, -0.2) is 4.90 Å². The van der Waals surface area contributed by atoms with Crippen molar-refractivity contribution in [2.75, 3.05) is 9.80 Å². The van der Waals surface area contributed by atoms with Gasteiger partial charge in [0, 0.05) is 11.5 Å². The van der Waals surface area contributed by atoms with Crippen LogP contribution < -0.4 is 14.5 Å². The normalized spacial score (nSPS) is 28.5. The molecule has 7 rings (SSSR count). The van der Waals surface area contributed by atoms with Crippen molar-refractivity contribution in [3.8, 4) is 11.5 Å². The van der Waals surface area contributed by atoms with Crippen molar-refractivity contribution in [2.24, 2.45) is 29.1 Å². The number of hydrogen-bond donors (Lipinski definition) is 1. The maximum Gasteiger partial charge on any atom is 0.573 e. The molecule has 47 heavy (non-hydrogen) atoms. The minimum atomic E-state index is -5.03. The van der Waals surface area contributed by atoms with Crippen LogP contribution in [-0.4, -0.2) is 35.1 Å². The first kappa shape index (κ1) is 30.5. The molecule has 0 spiro atoms. The van der Waals surface area contributed by atoms with Crippen molar-refractivity contribution < 1.29 is 42.2 Å². The van der Waals surface area contributed by atoms with E-state index in [1.54, 1.807) is 73.7 Å². The summed E-state index contributed by atoms with van der Waals surface area (Å²) in [6.45, 7) is 5.31. The molecule has 2 heterocycles. The number of carbonyl (C=O) groups excluding carboxylic acids is 4. The SMILES string of the molecule is C=Cc1ccc(N2C(=O)[C@H]3[C@H](CC=C4[C@H]3C[C@H]3C(=O)N(c5ccccc5)C(=O)[C@@]3(C)[C@H]4c3cc(OC(F)(F)F)ccc3O)C2=O)cc1.